The molecular formula is C17H12N4O2S. The van der Waals surface area contributed by atoms with Gasteiger partial charge in [-0.15, -0.1) is 11.3 Å². The molecule has 2 aromatic heterocycles. The van der Waals surface area contributed by atoms with E-state index in [1.807, 2.05) is 12.1 Å². The van der Waals surface area contributed by atoms with Crippen molar-refractivity contribution in [3.05, 3.63) is 53.0 Å². The first kappa shape index (κ1) is 14.4. The molecule has 4 N–H and O–H groups in total. The Morgan fingerprint density at radius 1 is 1.25 bits per heavy atom. The SMILES string of the molecule is NC(=O)c1ccc(N=Cc2c(O)[nH]c3ccc4ncsc4c23)cc1. The maximum atomic E-state index is 11.1. The lowest BCUT2D eigenvalue weighted by atomic mass is 10.1. The number of aliphatic imine (C=N–C) groups is 1. The minimum atomic E-state index is -0.479. The molecule has 0 atom stereocenters. The van der Waals surface area contributed by atoms with Gasteiger partial charge >= 0.3 is 0 Å². The number of aromatic hydroxyl groups is 1. The number of hydrogen-bond acceptors (Lipinski definition) is 5. The molecule has 2 aromatic carbocycles. The molecule has 6 nitrogen and oxygen atoms in total. The topological polar surface area (TPSA) is 104 Å². The van der Waals surface area contributed by atoms with E-state index in [9.17, 15) is 9.90 Å². The van der Waals surface area contributed by atoms with Crippen LogP contribution in [-0.4, -0.2) is 27.2 Å². The van der Waals surface area contributed by atoms with Gasteiger partial charge in [-0.1, -0.05) is 0 Å². The minimum absolute atomic E-state index is 0.0587. The van der Waals surface area contributed by atoms with Crippen LogP contribution >= 0.6 is 11.3 Å². The number of nitrogens with two attached hydrogens (primary N) is 1. The Labute approximate surface area is 140 Å². The van der Waals surface area contributed by atoms with Crippen molar-refractivity contribution in [2.24, 2.45) is 10.7 Å². The second-order valence-corrected chi connectivity index (χ2v) is 6.10. The maximum absolute atomic E-state index is 11.1. The molecule has 0 aliphatic heterocycles. The molecule has 2 heterocycles. The van der Waals surface area contributed by atoms with Gasteiger partial charge in [0.2, 0.25) is 5.91 Å². The molecule has 0 spiro atoms. The normalized spacial score (nSPS) is 11.7. The van der Waals surface area contributed by atoms with E-state index in [4.69, 9.17) is 5.73 Å². The van der Waals surface area contributed by atoms with Gasteiger partial charge in [-0.25, -0.2) is 4.98 Å². The Bertz CT molecular complexity index is 1090. The zero-order chi connectivity index (χ0) is 16.7. The first-order valence-electron chi connectivity index (χ1n) is 7.14. The van der Waals surface area contributed by atoms with Gasteiger partial charge in [0.05, 0.1) is 32.5 Å². The summed E-state index contributed by atoms with van der Waals surface area (Å²) in [6, 6.07) is 10.4. The Kier molecular flexibility index (Phi) is 3.28. The van der Waals surface area contributed by atoms with E-state index < -0.39 is 5.91 Å². The van der Waals surface area contributed by atoms with Gasteiger partial charge in [0.15, 0.2) is 5.88 Å². The Morgan fingerprint density at radius 2 is 2.04 bits per heavy atom. The zero-order valence-corrected chi connectivity index (χ0v) is 13.2. The fraction of sp³-hybridized carbons (Fsp3) is 0. The number of rotatable bonds is 3. The number of nitrogens with one attached hydrogen (secondary N) is 1. The highest BCUT2D eigenvalue weighted by Gasteiger charge is 2.13. The third kappa shape index (κ3) is 2.31. The summed E-state index contributed by atoms with van der Waals surface area (Å²) in [6.07, 6.45) is 1.60. The molecule has 0 fully saturated rings. The third-order valence-electron chi connectivity index (χ3n) is 3.77. The lowest BCUT2D eigenvalue weighted by Gasteiger charge is -1.97. The van der Waals surface area contributed by atoms with Crippen molar-refractivity contribution in [3.8, 4) is 5.88 Å². The lowest BCUT2D eigenvalue weighted by molar-refractivity contribution is 0.100. The molecule has 24 heavy (non-hydrogen) atoms. The predicted octanol–water partition coefficient (Wildman–Crippen LogP) is 3.33. The molecule has 118 valence electrons. The number of carbonyl (C=O) groups excluding carboxylic acids is 1. The summed E-state index contributed by atoms with van der Waals surface area (Å²) in [6.45, 7) is 0. The van der Waals surface area contributed by atoms with Crippen LogP contribution in [0.1, 0.15) is 15.9 Å². The van der Waals surface area contributed by atoms with Gasteiger partial charge < -0.3 is 15.8 Å². The number of H-pyrrole nitrogens is 1. The molecule has 7 heteroatoms. The van der Waals surface area contributed by atoms with Gasteiger partial charge in [0.1, 0.15) is 0 Å². The maximum Gasteiger partial charge on any atom is 0.248 e. The summed E-state index contributed by atoms with van der Waals surface area (Å²) >= 11 is 1.52. The van der Waals surface area contributed by atoms with Crippen LogP contribution in [0.25, 0.3) is 21.1 Å². The summed E-state index contributed by atoms with van der Waals surface area (Å²) in [5.74, 6) is -0.421. The van der Waals surface area contributed by atoms with Gasteiger partial charge in [-0.3, -0.25) is 9.79 Å². The molecule has 4 aromatic rings. The molecule has 0 saturated carbocycles. The third-order valence-corrected chi connectivity index (χ3v) is 4.63. The number of benzene rings is 2. The van der Waals surface area contributed by atoms with Crippen LogP contribution in [0.4, 0.5) is 5.69 Å². The molecule has 0 unspecified atom stereocenters. The second kappa shape index (κ2) is 5.47. The highest BCUT2D eigenvalue weighted by molar-refractivity contribution is 7.17. The fourth-order valence-corrected chi connectivity index (χ4v) is 3.44. The number of primary amides is 1. The van der Waals surface area contributed by atoms with E-state index in [0.717, 1.165) is 21.1 Å². The van der Waals surface area contributed by atoms with Gasteiger partial charge in [0.25, 0.3) is 0 Å². The van der Waals surface area contributed by atoms with E-state index in [2.05, 4.69) is 15.0 Å². The Hall–Kier alpha value is -3.19. The van der Waals surface area contributed by atoms with Crippen molar-refractivity contribution in [2.75, 3.05) is 0 Å². The number of fused-ring (bicyclic) bond motifs is 3. The first-order valence-corrected chi connectivity index (χ1v) is 8.02. The number of aromatic nitrogens is 2. The van der Waals surface area contributed by atoms with Crippen LogP contribution in [0, 0.1) is 0 Å². The van der Waals surface area contributed by atoms with Crippen molar-refractivity contribution in [1.29, 1.82) is 0 Å². The number of hydrogen-bond donors (Lipinski definition) is 3. The minimum Gasteiger partial charge on any atom is -0.494 e. The lowest BCUT2D eigenvalue weighted by Crippen LogP contribution is -2.10. The molecule has 0 saturated heterocycles. The molecule has 1 amide bonds. The molecule has 0 radical (unpaired) electrons. The average molecular weight is 336 g/mol. The van der Waals surface area contributed by atoms with Crippen molar-refractivity contribution >= 4 is 50.3 Å². The van der Waals surface area contributed by atoms with Gasteiger partial charge in [-0.05, 0) is 36.4 Å². The summed E-state index contributed by atoms with van der Waals surface area (Å²) in [7, 11) is 0. The number of nitrogens with zero attached hydrogens (tertiary/aromatic N) is 2. The highest BCUT2D eigenvalue weighted by atomic mass is 32.1. The highest BCUT2D eigenvalue weighted by Crippen LogP contribution is 2.34. The van der Waals surface area contributed by atoms with E-state index in [1.54, 1.807) is 36.0 Å². The number of amides is 1. The van der Waals surface area contributed by atoms with Crippen LogP contribution in [0.3, 0.4) is 0 Å². The number of aromatic amines is 1. The fourth-order valence-electron chi connectivity index (χ4n) is 2.59. The molecular weight excluding hydrogens is 324 g/mol. The van der Waals surface area contributed by atoms with E-state index in [-0.39, 0.29) is 5.88 Å². The Morgan fingerprint density at radius 3 is 2.79 bits per heavy atom. The average Bonchev–Trinajstić information content (AvgIpc) is 3.16. The van der Waals surface area contributed by atoms with Crippen molar-refractivity contribution in [1.82, 2.24) is 9.97 Å². The number of thiazole rings is 1. The largest absolute Gasteiger partial charge is 0.494 e. The molecule has 0 aliphatic carbocycles. The standard InChI is InChI=1S/C17H12N4O2S/c18-16(22)9-1-3-10(4-2-9)19-7-11-14-12(21-17(11)23)5-6-13-15(14)24-8-20-13/h1-8,21,23H,(H2,18,22). The zero-order valence-electron chi connectivity index (χ0n) is 12.4. The molecule has 0 bridgehead atoms. The van der Waals surface area contributed by atoms with Crippen molar-refractivity contribution in [2.45, 2.75) is 0 Å². The van der Waals surface area contributed by atoms with Crippen LogP contribution in [-0.2, 0) is 0 Å². The van der Waals surface area contributed by atoms with E-state index >= 15 is 0 Å². The summed E-state index contributed by atoms with van der Waals surface area (Å²) in [5, 5.41) is 11.1. The van der Waals surface area contributed by atoms with Gasteiger partial charge in [-0.2, -0.15) is 0 Å². The van der Waals surface area contributed by atoms with Crippen LogP contribution in [0.15, 0.2) is 46.9 Å². The summed E-state index contributed by atoms with van der Waals surface area (Å²) < 4.78 is 0.995. The van der Waals surface area contributed by atoms with Crippen LogP contribution < -0.4 is 5.73 Å². The summed E-state index contributed by atoms with van der Waals surface area (Å²) in [5.41, 5.74) is 10.4. The molecule has 0 aliphatic rings. The quantitative estimate of drug-likeness (QED) is 0.500. The van der Waals surface area contributed by atoms with E-state index in [0.29, 0.717) is 16.8 Å². The second-order valence-electron chi connectivity index (χ2n) is 5.25. The van der Waals surface area contributed by atoms with Crippen LogP contribution in [0.5, 0.6) is 5.88 Å². The van der Waals surface area contributed by atoms with E-state index in [1.165, 1.54) is 11.3 Å². The van der Waals surface area contributed by atoms with Gasteiger partial charge in [0, 0.05) is 17.2 Å². The summed E-state index contributed by atoms with van der Waals surface area (Å²) in [4.78, 5) is 22.7. The van der Waals surface area contributed by atoms with Crippen molar-refractivity contribution < 1.29 is 9.90 Å². The smallest absolute Gasteiger partial charge is 0.248 e. The van der Waals surface area contributed by atoms with Crippen molar-refractivity contribution in [3.63, 3.8) is 0 Å². The first-order chi connectivity index (χ1) is 11.6. The predicted molar refractivity (Wildman–Crippen MR) is 95.4 cm³/mol. The number of carbonyl (C=O) groups is 1. The van der Waals surface area contributed by atoms with Crippen LogP contribution in [0.2, 0.25) is 0 Å². The monoisotopic (exact) mass is 336 g/mol. The molecule has 4 rings (SSSR count). The Balaban J connectivity index is 1.80.